The molecule has 0 aliphatic heterocycles. The molecule has 1 aromatic carbocycles. The van der Waals surface area contributed by atoms with E-state index in [1.165, 1.54) is 0 Å². The van der Waals surface area contributed by atoms with Gasteiger partial charge in [0.2, 0.25) is 0 Å². The van der Waals surface area contributed by atoms with Crippen molar-refractivity contribution < 1.29 is 0 Å². The van der Waals surface area contributed by atoms with Crippen molar-refractivity contribution in [3.63, 3.8) is 0 Å². The van der Waals surface area contributed by atoms with Crippen molar-refractivity contribution in [3.8, 4) is 0 Å². The highest BCUT2D eigenvalue weighted by Crippen LogP contribution is 2.24. The minimum atomic E-state index is -0.368. The molecule has 0 aliphatic carbocycles. The third-order valence-electron chi connectivity index (χ3n) is 2.89. The topological polar surface area (TPSA) is 40.6 Å². The monoisotopic (exact) mass is 268 g/mol. The van der Waals surface area contributed by atoms with Crippen LogP contribution in [-0.4, -0.2) is 27.7 Å². The fraction of sp³-hybridized carbons (Fsp3) is 0.733. The van der Waals surface area contributed by atoms with Gasteiger partial charge in [-0.2, -0.15) is 0 Å². The van der Waals surface area contributed by atoms with Gasteiger partial charge < -0.3 is 9.80 Å². The molecule has 0 amide bonds. The summed E-state index contributed by atoms with van der Waals surface area (Å²) in [6.07, 6.45) is 0.981. The second-order valence-corrected chi connectivity index (χ2v) is 5.98. The Morgan fingerprint density at radius 1 is 0.895 bits per heavy atom. The molecular weight excluding hydrogens is 240 g/mol. The lowest BCUT2D eigenvalue weighted by atomic mass is 9.92. The van der Waals surface area contributed by atoms with Crippen LogP contribution in [0.4, 0.5) is 11.4 Å². The lowest BCUT2D eigenvalue weighted by Crippen LogP contribution is -2.43. The van der Waals surface area contributed by atoms with Gasteiger partial charge in [0.15, 0.2) is 0 Å². The van der Waals surface area contributed by atoms with Gasteiger partial charge in [0, 0.05) is 27.7 Å². The van der Waals surface area contributed by atoms with Crippen molar-refractivity contribution in [1.29, 1.82) is 0 Å². The smallest absolute Gasteiger partial charge is 0.253 e. The van der Waals surface area contributed by atoms with E-state index in [-0.39, 0.29) is 16.3 Å². The quantitative estimate of drug-likeness (QED) is 0.785. The Hall–Kier alpha value is -1.32. The Bertz CT molecular complexity index is 463. The molecule has 4 heteroatoms. The second-order valence-electron chi connectivity index (χ2n) is 5.98. The first-order valence-electron chi connectivity index (χ1n) is 6.87. The van der Waals surface area contributed by atoms with Crippen LogP contribution in [0.25, 0.3) is 0 Å². The van der Waals surface area contributed by atoms with Crippen molar-refractivity contribution in [3.05, 3.63) is 20.4 Å². The Morgan fingerprint density at radius 3 is 1.68 bits per heavy atom. The van der Waals surface area contributed by atoms with E-state index in [0.717, 1.165) is 13.0 Å². The third-order valence-corrected chi connectivity index (χ3v) is 2.89. The van der Waals surface area contributed by atoms with Crippen LogP contribution >= 0.6 is 0 Å². The standard InChI is InChI=1S/C13H22N2O2.C2H6/c1-13(2,3)7-8-15(6)10-9(14(4)5)11(16)12(10)17;1-2/h7-8H2,1-6H3;1-2H3. The molecule has 0 aliphatic rings. The third kappa shape index (κ3) is 4.37. The summed E-state index contributed by atoms with van der Waals surface area (Å²) >= 11 is 0. The van der Waals surface area contributed by atoms with E-state index in [4.69, 9.17) is 0 Å². The highest BCUT2D eigenvalue weighted by molar-refractivity contribution is 5.75. The molecule has 1 rings (SSSR count). The Kier molecular flexibility index (Phi) is 6.27. The van der Waals surface area contributed by atoms with Crippen molar-refractivity contribution in [2.75, 3.05) is 37.5 Å². The predicted octanol–water partition coefficient (Wildman–Crippen LogP) is 2.25. The number of hydrogen-bond acceptors (Lipinski definition) is 4. The van der Waals surface area contributed by atoms with E-state index in [9.17, 15) is 9.59 Å². The molecule has 0 unspecified atom stereocenters. The van der Waals surface area contributed by atoms with Crippen molar-refractivity contribution in [2.24, 2.45) is 5.41 Å². The maximum Gasteiger partial charge on any atom is 0.253 e. The molecule has 0 heterocycles. The number of rotatable bonds is 4. The highest BCUT2D eigenvalue weighted by atomic mass is 16.2. The normalized spacial score (nSPS) is 10.9. The average molecular weight is 268 g/mol. The highest BCUT2D eigenvalue weighted by Gasteiger charge is 2.25. The maximum atomic E-state index is 11.6. The minimum Gasteiger partial charge on any atom is -0.373 e. The van der Waals surface area contributed by atoms with Gasteiger partial charge in [0.05, 0.1) is 0 Å². The second kappa shape index (κ2) is 6.73. The molecule has 0 atom stereocenters. The zero-order valence-corrected chi connectivity index (χ0v) is 13.6. The van der Waals surface area contributed by atoms with Gasteiger partial charge in [-0.05, 0) is 11.8 Å². The van der Waals surface area contributed by atoms with Gasteiger partial charge in [0.25, 0.3) is 10.9 Å². The lowest BCUT2D eigenvalue weighted by molar-refractivity contribution is 0.381. The van der Waals surface area contributed by atoms with Crippen LogP contribution in [-0.2, 0) is 0 Å². The molecule has 110 valence electrons. The number of anilines is 2. The molecule has 0 radical (unpaired) electrons. The van der Waals surface area contributed by atoms with Gasteiger partial charge in [-0.15, -0.1) is 0 Å². The first-order valence-corrected chi connectivity index (χ1v) is 6.87. The predicted molar refractivity (Wildman–Crippen MR) is 84.4 cm³/mol. The van der Waals surface area contributed by atoms with Gasteiger partial charge >= 0.3 is 0 Å². The van der Waals surface area contributed by atoms with E-state index in [0.29, 0.717) is 11.4 Å². The van der Waals surface area contributed by atoms with Crippen LogP contribution in [0.5, 0.6) is 0 Å². The Balaban J connectivity index is 0.00000154. The van der Waals surface area contributed by atoms with Crippen LogP contribution < -0.4 is 20.7 Å². The van der Waals surface area contributed by atoms with Gasteiger partial charge in [-0.1, -0.05) is 34.6 Å². The molecule has 0 saturated carbocycles. The summed E-state index contributed by atoms with van der Waals surface area (Å²) in [5.74, 6) is 0. The summed E-state index contributed by atoms with van der Waals surface area (Å²) in [5.41, 5.74) is 0.595. The molecular formula is C15H28N2O2. The average Bonchev–Trinajstić information content (AvgIpc) is 2.32. The molecule has 0 fully saturated rings. The lowest BCUT2D eigenvalue weighted by Gasteiger charge is -2.28. The van der Waals surface area contributed by atoms with Gasteiger partial charge in [-0.3, -0.25) is 9.59 Å². The van der Waals surface area contributed by atoms with E-state index < -0.39 is 0 Å². The molecule has 0 N–H and O–H groups in total. The molecule has 0 bridgehead atoms. The Labute approximate surface area is 116 Å². The van der Waals surface area contributed by atoms with Crippen LogP contribution in [0.1, 0.15) is 41.0 Å². The first-order chi connectivity index (χ1) is 8.65. The summed E-state index contributed by atoms with van der Waals surface area (Å²) in [4.78, 5) is 26.6. The molecule has 0 saturated heterocycles. The van der Waals surface area contributed by atoms with Crippen molar-refractivity contribution in [1.82, 2.24) is 0 Å². The van der Waals surface area contributed by atoms with Crippen molar-refractivity contribution >= 4 is 11.4 Å². The largest absolute Gasteiger partial charge is 0.373 e. The van der Waals surface area contributed by atoms with Crippen LogP contribution in [0, 0.1) is 5.41 Å². The van der Waals surface area contributed by atoms with E-state index in [1.54, 1.807) is 19.0 Å². The van der Waals surface area contributed by atoms with Gasteiger partial charge in [0.1, 0.15) is 11.4 Å². The fourth-order valence-electron chi connectivity index (χ4n) is 1.75. The van der Waals surface area contributed by atoms with Crippen molar-refractivity contribution in [2.45, 2.75) is 41.0 Å². The number of hydrogen-bond donors (Lipinski definition) is 0. The molecule has 19 heavy (non-hydrogen) atoms. The maximum absolute atomic E-state index is 11.6. The van der Waals surface area contributed by atoms with E-state index >= 15 is 0 Å². The summed E-state index contributed by atoms with van der Waals surface area (Å²) in [5, 5.41) is 0. The molecule has 0 aromatic heterocycles. The summed E-state index contributed by atoms with van der Waals surface area (Å²) < 4.78 is 0. The number of nitrogens with zero attached hydrogens (tertiary/aromatic N) is 2. The van der Waals surface area contributed by atoms with Crippen LogP contribution in [0.3, 0.4) is 0 Å². The minimum absolute atomic E-state index is 0.226. The van der Waals surface area contributed by atoms with Gasteiger partial charge in [-0.25, -0.2) is 0 Å². The molecule has 1 aromatic rings. The Morgan fingerprint density at radius 2 is 1.32 bits per heavy atom. The molecule has 0 spiro atoms. The molecule has 4 nitrogen and oxygen atoms in total. The summed E-state index contributed by atoms with van der Waals surface area (Å²) in [6.45, 7) is 11.3. The summed E-state index contributed by atoms with van der Waals surface area (Å²) in [7, 11) is 5.45. The van der Waals surface area contributed by atoms with E-state index in [1.807, 2.05) is 25.8 Å². The van der Waals surface area contributed by atoms with Crippen LogP contribution in [0.2, 0.25) is 0 Å². The zero-order chi connectivity index (χ0) is 15.4. The van der Waals surface area contributed by atoms with E-state index in [2.05, 4.69) is 20.8 Å². The zero-order valence-electron chi connectivity index (χ0n) is 13.6. The SMILES string of the molecule is CC.CN(C)c1c(N(C)CCC(C)(C)C)c(=O)c1=O. The fourth-order valence-corrected chi connectivity index (χ4v) is 1.75. The summed E-state index contributed by atoms with van der Waals surface area (Å²) in [6, 6.07) is 0. The van der Waals surface area contributed by atoms with Crippen LogP contribution in [0.15, 0.2) is 9.59 Å². The first kappa shape index (κ1) is 17.7.